The highest BCUT2D eigenvalue weighted by Gasteiger charge is 2.22. The van der Waals surface area contributed by atoms with Gasteiger partial charge in [0.2, 0.25) is 15.8 Å². The Labute approximate surface area is 172 Å². The van der Waals surface area contributed by atoms with Crippen molar-refractivity contribution >= 4 is 37.5 Å². The van der Waals surface area contributed by atoms with Gasteiger partial charge in [0.05, 0.1) is 26.2 Å². The average Bonchev–Trinajstić information content (AvgIpc) is 2.66. The first-order valence-electron chi connectivity index (χ1n) is 7.99. The normalized spacial score (nSPS) is 11.2. The van der Waals surface area contributed by atoms with Crippen molar-refractivity contribution in [1.82, 2.24) is 4.31 Å². The van der Waals surface area contributed by atoms with Gasteiger partial charge >= 0.3 is 0 Å². The molecule has 28 heavy (non-hydrogen) atoms. The third kappa shape index (κ3) is 4.40. The van der Waals surface area contributed by atoms with Crippen LogP contribution in [0.2, 0.25) is 0 Å². The molecule has 2 aromatic rings. The minimum atomic E-state index is -3.72. The lowest BCUT2D eigenvalue weighted by atomic mass is 10.2. The van der Waals surface area contributed by atoms with Crippen LogP contribution in [-0.2, 0) is 10.0 Å². The van der Waals surface area contributed by atoms with E-state index in [9.17, 15) is 13.2 Å². The molecule has 0 aromatic heterocycles. The molecule has 0 atom stereocenters. The number of benzene rings is 2. The van der Waals surface area contributed by atoms with Crippen LogP contribution >= 0.6 is 15.9 Å². The Balaban J connectivity index is 2.41. The summed E-state index contributed by atoms with van der Waals surface area (Å²) in [6.07, 6.45) is 0. The average molecular weight is 473 g/mol. The van der Waals surface area contributed by atoms with Gasteiger partial charge in [-0.05, 0) is 34.1 Å². The van der Waals surface area contributed by atoms with Gasteiger partial charge in [-0.1, -0.05) is 0 Å². The van der Waals surface area contributed by atoms with Gasteiger partial charge in [-0.15, -0.1) is 0 Å². The van der Waals surface area contributed by atoms with Gasteiger partial charge in [-0.3, -0.25) is 4.79 Å². The van der Waals surface area contributed by atoms with Crippen molar-refractivity contribution in [2.24, 2.45) is 0 Å². The van der Waals surface area contributed by atoms with Crippen molar-refractivity contribution in [2.75, 3.05) is 40.7 Å². The van der Waals surface area contributed by atoms with Crippen molar-refractivity contribution in [1.29, 1.82) is 0 Å². The number of nitrogens with one attached hydrogen (secondary N) is 1. The van der Waals surface area contributed by atoms with Gasteiger partial charge in [0, 0.05) is 42.0 Å². The molecule has 152 valence electrons. The number of halogens is 1. The molecular formula is C18H21BrN2O6S. The number of sulfonamides is 1. The first kappa shape index (κ1) is 22.0. The number of methoxy groups -OCH3 is 3. The summed E-state index contributed by atoms with van der Waals surface area (Å²) in [6.45, 7) is 0. The first-order chi connectivity index (χ1) is 13.1. The molecule has 0 aliphatic rings. The quantitative estimate of drug-likeness (QED) is 0.665. The van der Waals surface area contributed by atoms with Gasteiger partial charge in [-0.2, -0.15) is 0 Å². The Bertz CT molecular complexity index is 967. The number of carbonyl (C=O) groups is 1. The smallest absolute Gasteiger partial charge is 0.255 e. The van der Waals surface area contributed by atoms with E-state index >= 15 is 0 Å². The number of hydrogen-bond acceptors (Lipinski definition) is 6. The van der Waals surface area contributed by atoms with Crippen LogP contribution < -0.4 is 19.5 Å². The molecule has 0 bridgehead atoms. The minimum absolute atomic E-state index is 0.00459. The molecule has 0 radical (unpaired) electrons. The van der Waals surface area contributed by atoms with E-state index in [0.717, 1.165) is 4.31 Å². The number of ether oxygens (including phenoxy) is 3. The van der Waals surface area contributed by atoms with Crippen LogP contribution in [0.15, 0.2) is 39.7 Å². The predicted molar refractivity (Wildman–Crippen MR) is 109 cm³/mol. The molecule has 0 heterocycles. The molecule has 0 saturated heterocycles. The number of amides is 1. The van der Waals surface area contributed by atoms with E-state index in [4.69, 9.17) is 14.2 Å². The molecule has 2 aromatic carbocycles. The van der Waals surface area contributed by atoms with Crippen LogP contribution in [0, 0.1) is 0 Å². The van der Waals surface area contributed by atoms with E-state index in [1.165, 1.54) is 53.6 Å². The fourth-order valence-corrected chi connectivity index (χ4v) is 4.24. The maximum Gasteiger partial charge on any atom is 0.255 e. The minimum Gasteiger partial charge on any atom is -0.493 e. The topological polar surface area (TPSA) is 94.2 Å². The van der Waals surface area contributed by atoms with E-state index in [0.29, 0.717) is 27.4 Å². The lowest BCUT2D eigenvalue weighted by molar-refractivity contribution is 0.102. The fraction of sp³-hybridized carbons (Fsp3) is 0.278. The first-order valence-corrected chi connectivity index (χ1v) is 10.2. The standard InChI is InChI=1S/C18H21BrN2O6S/c1-21(2)28(23,24)16-8-11(6-7-13(16)19)18(22)20-12-9-14(25-3)17(27-5)15(10-12)26-4/h6-10H,1-5H3,(H,20,22). The molecule has 0 aliphatic heterocycles. The molecule has 0 unspecified atom stereocenters. The Hall–Kier alpha value is -2.30. The highest BCUT2D eigenvalue weighted by Crippen LogP contribution is 2.40. The molecule has 1 amide bonds. The van der Waals surface area contributed by atoms with Gasteiger partial charge in [-0.25, -0.2) is 12.7 Å². The van der Waals surface area contributed by atoms with Crippen molar-refractivity contribution in [3.63, 3.8) is 0 Å². The van der Waals surface area contributed by atoms with Gasteiger partial charge in [0.1, 0.15) is 0 Å². The highest BCUT2D eigenvalue weighted by molar-refractivity contribution is 9.10. The number of nitrogens with zero attached hydrogens (tertiary/aromatic N) is 1. The fourth-order valence-electron chi connectivity index (χ4n) is 2.40. The molecule has 0 spiro atoms. The number of carbonyl (C=O) groups excluding carboxylic acids is 1. The Kier molecular flexibility index (Phi) is 6.91. The second kappa shape index (κ2) is 8.80. The molecular weight excluding hydrogens is 452 g/mol. The summed E-state index contributed by atoms with van der Waals surface area (Å²) in [5.41, 5.74) is 0.580. The van der Waals surface area contributed by atoms with Crippen molar-refractivity contribution in [3.05, 3.63) is 40.4 Å². The summed E-state index contributed by atoms with van der Waals surface area (Å²) in [4.78, 5) is 12.7. The summed E-state index contributed by atoms with van der Waals surface area (Å²) < 4.78 is 42.1. The third-order valence-corrected chi connectivity index (χ3v) is 6.68. The summed E-state index contributed by atoms with van der Waals surface area (Å²) in [7, 11) is 3.54. The molecule has 10 heteroatoms. The second-order valence-electron chi connectivity index (χ2n) is 5.80. The zero-order chi connectivity index (χ0) is 21.1. The predicted octanol–water partition coefficient (Wildman–Crippen LogP) is 2.98. The maximum absolute atomic E-state index is 12.7. The van der Waals surface area contributed by atoms with E-state index < -0.39 is 15.9 Å². The molecule has 0 fully saturated rings. The maximum atomic E-state index is 12.7. The Morgan fingerprint density at radius 1 is 1.00 bits per heavy atom. The largest absolute Gasteiger partial charge is 0.493 e. The number of rotatable bonds is 7. The number of hydrogen-bond donors (Lipinski definition) is 1. The molecule has 1 N–H and O–H groups in total. The molecule has 0 saturated carbocycles. The van der Waals surface area contributed by atoms with Crippen LogP contribution in [0.4, 0.5) is 5.69 Å². The van der Waals surface area contributed by atoms with Crippen LogP contribution in [0.3, 0.4) is 0 Å². The second-order valence-corrected chi connectivity index (χ2v) is 8.78. The van der Waals surface area contributed by atoms with E-state index in [2.05, 4.69) is 21.2 Å². The number of anilines is 1. The van der Waals surface area contributed by atoms with Gasteiger partial charge in [0.25, 0.3) is 5.91 Å². The van der Waals surface area contributed by atoms with Crippen LogP contribution in [0.1, 0.15) is 10.4 Å². The van der Waals surface area contributed by atoms with Crippen molar-refractivity contribution in [2.45, 2.75) is 4.90 Å². The molecule has 8 nitrogen and oxygen atoms in total. The van der Waals surface area contributed by atoms with Gasteiger partial charge in [0.15, 0.2) is 11.5 Å². The van der Waals surface area contributed by atoms with E-state index in [1.807, 2.05) is 0 Å². The molecule has 2 rings (SSSR count). The van der Waals surface area contributed by atoms with Crippen LogP contribution in [0.25, 0.3) is 0 Å². The zero-order valence-corrected chi connectivity index (χ0v) is 18.5. The van der Waals surface area contributed by atoms with E-state index in [1.54, 1.807) is 12.1 Å². The summed E-state index contributed by atoms with van der Waals surface area (Å²) in [5.74, 6) is 0.663. The molecule has 0 aliphatic carbocycles. The van der Waals surface area contributed by atoms with Crippen molar-refractivity contribution < 1.29 is 27.4 Å². The monoisotopic (exact) mass is 472 g/mol. The van der Waals surface area contributed by atoms with Crippen molar-refractivity contribution in [3.8, 4) is 17.2 Å². The summed E-state index contributed by atoms with van der Waals surface area (Å²) >= 11 is 3.22. The van der Waals surface area contributed by atoms with Crippen LogP contribution in [-0.4, -0.2) is 54.1 Å². The lowest BCUT2D eigenvalue weighted by Gasteiger charge is -2.16. The Morgan fingerprint density at radius 3 is 2.04 bits per heavy atom. The SMILES string of the molecule is COc1cc(NC(=O)c2ccc(Br)c(S(=O)(=O)N(C)C)c2)cc(OC)c1OC. The highest BCUT2D eigenvalue weighted by atomic mass is 79.9. The summed E-state index contributed by atoms with van der Waals surface area (Å²) in [6, 6.07) is 7.50. The summed E-state index contributed by atoms with van der Waals surface area (Å²) in [5, 5.41) is 2.71. The third-order valence-electron chi connectivity index (χ3n) is 3.87. The van der Waals surface area contributed by atoms with Crippen LogP contribution in [0.5, 0.6) is 17.2 Å². The van der Waals surface area contributed by atoms with Gasteiger partial charge < -0.3 is 19.5 Å². The lowest BCUT2D eigenvalue weighted by Crippen LogP contribution is -2.23. The van der Waals surface area contributed by atoms with E-state index in [-0.39, 0.29) is 10.5 Å². The Morgan fingerprint density at radius 2 is 1.57 bits per heavy atom. The zero-order valence-electron chi connectivity index (χ0n) is 16.1.